The fourth-order valence-electron chi connectivity index (χ4n) is 3.82. The molecule has 1 aliphatic rings. The van der Waals surface area contributed by atoms with Gasteiger partial charge in [0.2, 0.25) is 11.8 Å². The minimum absolute atomic E-state index is 0.103. The van der Waals surface area contributed by atoms with Gasteiger partial charge in [0.25, 0.3) is 0 Å². The van der Waals surface area contributed by atoms with Crippen molar-refractivity contribution in [3.63, 3.8) is 0 Å². The average Bonchev–Trinajstić information content (AvgIpc) is 3.26. The third kappa shape index (κ3) is 5.99. The summed E-state index contributed by atoms with van der Waals surface area (Å²) >= 11 is 5.96. The molecule has 1 unspecified atom stereocenters. The molecule has 0 heterocycles. The molecule has 6 heteroatoms. The molecule has 1 N–H and O–H groups in total. The van der Waals surface area contributed by atoms with Gasteiger partial charge in [-0.05, 0) is 55.2 Å². The van der Waals surface area contributed by atoms with Gasteiger partial charge in [0, 0.05) is 17.6 Å². The van der Waals surface area contributed by atoms with Crippen LogP contribution in [0.1, 0.15) is 43.7 Å². The molecular formula is C24H29ClN2O3. The van der Waals surface area contributed by atoms with Crippen LogP contribution in [0.3, 0.4) is 0 Å². The lowest BCUT2D eigenvalue weighted by Crippen LogP contribution is -2.50. The lowest BCUT2D eigenvalue weighted by Gasteiger charge is -2.30. The number of benzene rings is 2. The molecule has 2 aromatic rings. The van der Waals surface area contributed by atoms with E-state index < -0.39 is 6.04 Å². The standard InChI is InChI=1S/C24H29ClN2O3/c1-17(24(29)26-21-7-3-4-8-21)27(16-19-6-5-9-22(14-19)30-2)23(28)15-18-10-12-20(25)13-11-18/h5-6,9-14,17,21H,3-4,7-8,15-16H2,1-2H3,(H,26,29). The van der Waals surface area contributed by atoms with Gasteiger partial charge in [-0.25, -0.2) is 0 Å². The SMILES string of the molecule is COc1cccc(CN(C(=O)Cc2ccc(Cl)cc2)C(C)C(=O)NC2CCCC2)c1. The topological polar surface area (TPSA) is 58.6 Å². The maximum atomic E-state index is 13.2. The van der Waals surface area contributed by atoms with E-state index in [9.17, 15) is 9.59 Å². The summed E-state index contributed by atoms with van der Waals surface area (Å²) in [4.78, 5) is 27.8. The molecule has 3 rings (SSSR count). The molecule has 5 nitrogen and oxygen atoms in total. The zero-order chi connectivity index (χ0) is 21.5. The smallest absolute Gasteiger partial charge is 0.242 e. The number of carbonyl (C=O) groups excluding carboxylic acids is 2. The molecule has 0 saturated heterocycles. The van der Waals surface area contributed by atoms with Gasteiger partial charge in [-0.3, -0.25) is 9.59 Å². The Bertz CT molecular complexity index is 863. The van der Waals surface area contributed by atoms with Crippen LogP contribution >= 0.6 is 11.6 Å². The average molecular weight is 429 g/mol. The monoisotopic (exact) mass is 428 g/mol. The van der Waals surface area contributed by atoms with E-state index in [-0.39, 0.29) is 24.3 Å². The van der Waals surface area contributed by atoms with E-state index in [2.05, 4.69) is 5.32 Å². The lowest BCUT2D eigenvalue weighted by molar-refractivity contribution is -0.140. The first-order chi connectivity index (χ1) is 14.5. The van der Waals surface area contributed by atoms with Crippen molar-refractivity contribution in [2.24, 2.45) is 0 Å². The van der Waals surface area contributed by atoms with Crippen molar-refractivity contribution < 1.29 is 14.3 Å². The summed E-state index contributed by atoms with van der Waals surface area (Å²) in [6.45, 7) is 2.13. The number of ether oxygens (including phenoxy) is 1. The molecule has 1 saturated carbocycles. The van der Waals surface area contributed by atoms with Gasteiger partial charge in [0.15, 0.2) is 0 Å². The van der Waals surface area contributed by atoms with Crippen LogP contribution in [-0.2, 0) is 22.6 Å². The van der Waals surface area contributed by atoms with Crippen LogP contribution in [-0.4, -0.2) is 35.9 Å². The zero-order valence-electron chi connectivity index (χ0n) is 17.6. The van der Waals surface area contributed by atoms with E-state index in [1.54, 1.807) is 31.1 Å². The zero-order valence-corrected chi connectivity index (χ0v) is 18.3. The Balaban J connectivity index is 1.77. The summed E-state index contributed by atoms with van der Waals surface area (Å²) in [5.41, 5.74) is 1.78. The molecule has 2 aromatic carbocycles. The predicted octanol–water partition coefficient (Wildman–Crippen LogP) is 4.37. The van der Waals surface area contributed by atoms with Gasteiger partial charge in [-0.1, -0.05) is 48.7 Å². The van der Waals surface area contributed by atoms with Crippen LogP contribution in [0.4, 0.5) is 0 Å². The Kier molecular flexibility index (Phi) is 7.75. The first-order valence-corrected chi connectivity index (χ1v) is 10.8. The van der Waals surface area contributed by atoms with Gasteiger partial charge in [-0.2, -0.15) is 0 Å². The van der Waals surface area contributed by atoms with Crippen LogP contribution in [0.5, 0.6) is 5.75 Å². The van der Waals surface area contributed by atoms with Crippen molar-refractivity contribution in [2.75, 3.05) is 7.11 Å². The third-order valence-corrected chi connectivity index (χ3v) is 5.88. The highest BCUT2D eigenvalue weighted by Crippen LogP contribution is 2.20. The molecule has 1 atom stereocenters. The first-order valence-electron chi connectivity index (χ1n) is 10.4. The lowest BCUT2D eigenvalue weighted by atomic mass is 10.1. The molecular weight excluding hydrogens is 400 g/mol. The van der Waals surface area contributed by atoms with E-state index >= 15 is 0 Å². The Labute approximate surface area is 183 Å². The van der Waals surface area contributed by atoms with E-state index in [1.165, 1.54) is 0 Å². The Morgan fingerprint density at radius 1 is 1.13 bits per heavy atom. The van der Waals surface area contributed by atoms with E-state index in [0.717, 1.165) is 42.6 Å². The number of hydrogen-bond donors (Lipinski definition) is 1. The van der Waals surface area contributed by atoms with Crippen molar-refractivity contribution >= 4 is 23.4 Å². The molecule has 30 heavy (non-hydrogen) atoms. The van der Waals surface area contributed by atoms with Crippen molar-refractivity contribution in [1.29, 1.82) is 0 Å². The molecule has 1 aliphatic carbocycles. The number of nitrogens with one attached hydrogen (secondary N) is 1. The molecule has 1 fully saturated rings. The second-order valence-electron chi connectivity index (χ2n) is 7.84. The molecule has 0 radical (unpaired) electrons. The van der Waals surface area contributed by atoms with Gasteiger partial charge >= 0.3 is 0 Å². The normalized spacial score (nSPS) is 14.9. The Morgan fingerprint density at radius 2 is 1.83 bits per heavy atom. The molecule has 0 spiro atoms. The third-order valence-electron chi connectivity index (χ3n) is 5.62. The van der Waals surface area contributed by atoms with E-state index in [4.69, 9.17) is 16.3 Å². The van der Waals surface area contributed by atoms with Crippen LogP contribution < -0.4 is 10.1 Å². The highest BCUT2D eigenvalue weighted by molar-refractivity contribution is 6.30. The maximum Gasteiger partial charge on any atom is 0.242 e. The number of methoxy groups -OCH3 is 1. The Hall–Kier alpha value is -2.53. The van der Waals surface area contributed by atoms with Crippen LogP contribution in [0, 0.1) is 0 Å². The fraction of sp³-hybridized carbons (Fsp3) is 0.417. The minimum atomic E-state index is -0.573. The van der Waals surface area contributed by atoms with Gasteiger partial charge in [0.1, 0.15) is 11.8 Å². The summed E-state index contributed by atoms with van der Waals surface area (Å²) in [5.74, 6) is 0.518. The molecule has 160 valence electrons. The van der Waals surface area contributed by atoms with Gasteiger partial charge < -0.3 is 15.0 Å². The van der Waals surface area contributed by atoms with Crippen LogP contribution in [0.2, 0.25) is 5.02 Å². The van der Waals surface area contributed by atoms with Crippen LogP contribution in [0.25, 0.3) is 0 Å². The number of rotatable bonds is 8. The van der Waals surface area contributed by atoms with Crippen molar-refractivity contribution in [2.45, 2.75) is 57.7 Å². The van der Waals surface area contributed by atoms with E-state index in [0.29, 0.717) is 11.6 Å². The first kappa shape index (κ1) is 22.2. The van der Waals surface area contributed by atoms with Crippen molar-refractivity contribution in [1.82, 2.24) is 10.2 Å². The fourth-order valence-corrected chi connectivity index (χ4v) is 3.95. The molecule has 0 aromatic heterocycles. The molecule has 2 amide bonds. The highest BCUT2D eigenvalue weighted by atomic mass is 35.5. The number of nitrogens with zero attached hydrogens (tertiary/aromatic N) is 1. The number of hydrogen-bond acceptors (Lipinski definition) is 3. The number of halogens is 1. The quantitative estimate of drug-likeness (QED) is 0.679. The van der Waals surface area contributed by atoms with Gasteiger partial charge in [-0.15, -0.1) is 0 Å². The minimum Gasteiger partial charge on any atom is -0.497 e. The summed E-state index contributed by atoms with van der Waals surface area (Å²) in [5, 5.41) is 3.75. The number of carbonyl (C=O) groups is 2. The Morgan fingerprint density at radius 3 is 2.50 bits per heavy atom. The number of amides is 2. The van der Waals surface area contributed by atoms with E-state index in [1.807, 2.05) is 36.4 Å². The van der Waals surface area contributed by atoms with Gasteiger partial charge in [0.05, 0.1) is 13.5 Å². The van der Waals surface area contributed by atoms with Crippen molar-refractivity contribution in [3.8, 4) is 5.75 Å². The maximum absolute atomic E-state index is 13.2. The summed E-state index contributed by atoms with van der Waals surface area (Å²) in [7, 11) is 1.61. The molecule has 0 aliphatic heterocycles. The summed E-state index contributed by atoms with van der Waals surface area (Å²) < 4.78 is 5.31. The molecule has 0 bridgehead atoms. The highest BCUT2D eigenvalue weighted by Gasteiger charge is 2.28. The second kappa shape index (κ2) is 10.5. The largest absolute Gasteiger partial charge is 0.497 e. The van der Waals surface area contributed by atoms with Crippen LogP contribution in [0.15, 0.2) is 48.5 Å². The summed E-state index contributed by atoms with van der Waals surface area (Å²) in [6.07, 6.45) is 4.51. The van der Waals surface area contributed by atoms with Crippen molar-refractivity contribution in [3.05, 3.63) is 64.7 Å². The predicted molar refractivity (Wildman–Crippen MR) is 119 cm³/mol. The summed E-state index contributed by atoms with van der Waals surface area (Å²) in [6, 6.07) is 14.4. The second-order valence-corrected chi connectivity index (χ2v) is 8.28.